The number of nitrogens with one attached hydrogen (secondary N) is 2. The fraction of sp³-hybridized carbons (Fsp3) is 0.333. The average Bonchev–Trinajstić information content (AvgIpc) is 3.34. The minimum atomic E-state index is 0.452. The lowest BCUT2D eigenvalue weighted by atomic mass is 10.2. The molecule has 0 unspecified atom stereocenters. The third kappa shape index (κ3) is 4.66. The largest absolute Gasteiger partial charge is 0.352 e. The Labute approximate surface area is 157 Å². The van der Waals surface area contributed by atoms with Gasteiger partial charge in [0.1, 0.15) is 5.01 Å². The van der Waals surface area contributed by atoms with Crippen LogP contribution in [0.25, 0.3) is 5.82 Å². The van der Waals surface area contributed by atoms with Crippen molar-refractivity contribution < 1.29 is 0 Å². The molecule has 0 aromatic carbocycles. The Morgan fingerprint density at radius 3 is 2.81 bits per heavy atom. The molecule has 0 spiro atoms. The highest BCUT2D eigenvalue weighted by Gasteiger charge is 2.07. The summed E-state index contributed by atoms with van der Waals surface area (Å²) in [4.78, 5) is 13.2. The smallest absolute Gasteiger partial charge is 0.191 e. The fourth-order valence-corrected chi connectivity index (χ4v) is 3.23. The Morgan fingerprint density at radius 1 is 1.27 bits per heavy atom. The fourth-order valence-electron chi connectivity index (χ4n) is 2.34. The van der Waals surface area contributed by atoms with Crippen LogP contribution in [0.1, 0.15) is 36.0 Å². The normalized spacial score (nSPS) is 11.8. The summed E-state index contributed by atoms with van der Waals surface area (Å²) in [7, 11) is 1.76. The standard InChI is InChI=1S/C18H23N7S/c1-13(2)15-12-26-17(24-15)11-22-18(19-3)21-10-14-5-7-20-16(9-14)25-8-4-6-23-25/h4-9,12-13H,10-11H2,1-3H3,(H2,19,21,22). The molecule has 3 rings (SSSR count). The maximum atomic E-state index is 4.63. The van der Waals surface area contributed by atoms with E-state index in [1.54, 1.807) is 35.5 Å². The molecule has 0 saturated carbocycles. The maximum Gasteiger partial charge on any atom is 0.191 e. The van der Waals surface area contributed by atoms with Gasteiger partial charge in [0.2, 0.25) is 0 Å². The first-order valence-electron chi connectivity index (χ1n) is 8.49. The molecule has 0 saturated heterocycles. The van der Waals surface area contributed by atoms with E-state index < -0.39 is 0 Å². The number of guanidine groups is 1. The minimum absolute atomic E-state index is 0.452. The molecule has 0 bridgehead atoms. The van der Waals surface area contributed by atoms with Gasteiger partial charge in [0.15, 0.2) is 11.8 Å². The minimum Gasteiger partial charge on any atom is -0.352 e. The maximum absolute atomic E-state index is 4.63. The van der Waals surface area contributed by atoms with Crippen LogP contribution >= 0.6 is 11.3 Å². The predicted molar refractivity (Wildman–Crippen MR) is 105 cm³/mol. The monoisotopic (exact) mass is 369 g/mol. The third-order valence-corrected chi connectivity index (χ3v) is 4.67. The first-order chi connectivity index (χ1) is 12.7. The summed E-state index contributed by atoms with van der Waals surface area (Å²) in [6.07, 6.45) is 5.40. The molecule has 0 aliphatic carbocycles. The summed E-state index contributed by atoms with van der Waals surface area (Å²) in [5.41, 5.74) is 2.24. The van der Waals surface area contributed by atoms with Crippen molar-refractivity contribution in [3.8, 4) is 5.82 Å². The van der Waals surface area contributed by atoms with Crippen LogP contribution in [-0.2, 0) is 13.1 Å². The Kier molecular flexibility index (Phi) is 5.96. The molecule has 3 aromatic heterocycles. The molecular weight excluding hydrogens is 346 g/mol. The second-order valence-corrected chi connectivity index (χ2v) is 7.02. The summed E-state index contributed by atoms with van der Waals surface area (Å²) >= 11 is 1.67. The van der Waals surface area contributed by atoms with Crippen molar-refractivity contribution in [1.29, 1.82) is 0 Å². The molecular formula is C18H23N7S. The van der Waals surface area contributed by atoms with Gasteiger partial charge in [-0.25, -0.2) is 14.6 Å². The molecule has 8 heteroatoms. The van der Waals surface area contributed by atoms with Gasteiger partial charge in [-0.2, -0.15) is 5.10 Å². The van der Waals surface area contributed by atoms with Crippen molar-refractivity contribution in [3.63, 3.8) is 0 Å². The lowest BCUT2D eigenvalue weighted by molar-refractivity contribution is 0.782. The quantitative estimate of drug-likeness (QED) is 0.516. The number of rotatable bonds is 6. The number of thiazole rings is 1. The second-order valence-electron chi connectivity index (χ2n) is 6.07. The number of aromatic nitrogens is 4. The highest BCUT2D eigenvalue weighted by atomic mass is 32.1. The first kappa shape index (κ1) is 18.1. The third-order valence-electron chi connectivity index (χ3n) is 3.80. The van der Waals surface area contributed by atoms with Gasteiger partial charge in [-0.15, -0.1) is 11.3 Å². The van der Waals surface area contributed by atoms with Gasteiger partial charge in [-0.3, -0.25) is 4.99 Å². The van der Waals surface area contributed by atoms with E-state index >= 15 is 0 Å². The van der Waals surface area contributed by atoms with Gasteiger partial charge in [0, 0.05) is 37.6 Å². The van der Waals surface area contributed by atoms with E-state index in [2.05, 4.69) is 49.9 Å². The van der Waals surface area contributed by atoms with Gasteiger partial charge in [0.25, 0.3) is 0 Å². The summed E-state index contributed by atoms with van der Waals surface area (Å²) < 4.78 is 1.74. The molecule has 0 amide bonds. The molecule has 136 valence electrons. The first-order valence-corrected chi connectivity index (χ1v) is 9.37. The van der Waals surface area contributed by atoms with Crippen LogP contribution in [-0.4, -0.2) is 32.8 Å². The van der Waals surface area contributed by atoms with E-state index in [1.807, 2.05) is 24.4 Å². The van der Waals surface area contributed by atoms with E-state index in [4.69, 9.17) is 0 Å². The number of pyridine rings is 1. The molecule has 2 N–H and O–H groups in total. The van der Waals surface area contributed by atoms with E-state index in [1.165, 1.54) is 0 Å². The number of aliphatic imine (C=N–C) groups is 1. The van der Waals surface area contributed by atoms with Gasteiger partial charge in [0.05, 0.1) is 12.2 Å². The van der Waals surface area contributed by atoms with Crippen molar-refractivity contribution in [2.75, 3.05) is 7.05 Å². The van der Waals surface area contributed by atoms with Crippen LogP contribution in [0.4, 0.5) is 0 Å². The Hall–Kier alpha value is -2.74. The molecule has 3 heterocycles. The van der Waals surface area contributed by atoms with Crippen molar-refractivity contribution in [2.45, 2.75) is 32.9 Å². The van der Waals surface area contributed by atoms with Crippen LogP contribution < -0.4 is 10.6 Å². The zero-order valence-electron chi connectivity index (χ0n) is 15.2. The molecule has 0 aliphatic rings. The van der Waals surface area contributed by atoms with Crippen LogP contribution in [0.3, 0.4) is 0 Å². The molecule has 0 aliphatic heterocycles. The number of hydrogen-bond donors (Lipinski definition) is 2. The van der Waals surface area contributed by atoms with Gasteiger partial charge < -0.3 is 10.6 Å². The lowest BCUT2D eigenvalue weighted by Gasteiger charge is -2.11. The molecule has 0 radical (unpaired) electrons. The summed E-state index contributed by atoms with van der Waals surface area (Å²) in [6.45, 7) is 5.61. The van der Waals surface area contributed by atoms with Gasteiger partial charge in [-0.1, -0.05) is 13.8 Å². The van der Waals surface area contributed by atoms with Crippen molar-refractivity contribution in [3.05, 3.63) is 58.4 Å². The Balaban J connectivity index is 1.55. The van der Waals surface area contributed by atoms with E-state index in [0.717, 1.165) is 28.0 Å². The van der Waals surface area contributed by atoms with Crippen molar-refractivity contribution >= 4 is 17.3 Å². The summed E-state index contributed by atoms with van der Waals surface area (Å²) in [5.74, 6) is 1.98. The number of hydrogen-bond acceptors (Lipinski definition) is 5. The summed E-state index contributed by atoms with van der Waals surface area (Å²) in [6, 6.07) is 5.85. The highest BCUT2D eigenvalue weighted by Crippen LogP contribution is 2.17. The molecule has 0 atom stereocenters. The van der Waals surface area contributed by atoms with Gasteiger partial charge >= 0.3 is 0 Å². The van der Waals surface area contributed by atoms with Crippen molar-refractivity contribution in [2.24, 2.45) is 4.99 Å². The van der Waals surface area contributed by atoms with Gasteiger partial charge in [-0.05, 0) is 29.7 Å². The van der Waals surface area contributed by atoms with Crippen LogP contribution in [0.2, 0.25) is 0 Å². The van der Waals surface area contributed by atoms with Crippen LogP contribution in [0, 0.1) is 0 Å². The van der Waals surface area contributed by atoms with E-state index in [0.29, 0.717) is 19.0 Å². The zero-order valence-corrected chi connectivity index (χ0v) is 16.0. The average molecular weight is 369 g/mol. The second kappa shape index (κ2) is 8.57. The highest BCUT2D eigenvalue weighted by molar-refractivity contribution is 7.09. The molecule has 0 fully saturated rings. The van der Waals surface area contributed by atoms with E-state index in [9.17, 15) is 0 Å². The SMILES string of the molecule is CN=C(NCc1ccnc(-n2cccn2)c1)NCc1nc(C(C)C)cs1. The number of nitrogens with zero attached hydrogens (tertiary/aromatic N) is 5. The molecule has 26 heavy (non-hydrogen) atoms. The molecule has 3 aromatic rings. The zero-order chi connectivity index (χ0) is 18.4. The predicted octanol–water partition coefficient (Wildman–Crippen LogP) is 2.71. The molecule has 7 nitrogen and oxygen atoms in total. The van der Waals surface area contributed by atoms with E-state index in [-0.39, 0.29) is 0 Å². The Bertz CT molecular complexity index is 852. The van der Waals surface area contributed by atoms with Crippen LogP contribution in [0.15, 0.2) is 47.2 Å². The lowest BCUT2D eigenvalue weighted by Crippen LogP contribution is -2.36. The Morgan fingerprint density at radius 2 is 2.12 bits per heavy atom. The topological polar surface area (TPSA) is 80.0 Å². The van der Waals surface area contributed by atoms with Crippen LogP contribution in [0.5, 0.6) is 0 Å². The van der Waals surface area contributed by atoms with Crippen molar-refractivity contribution in [1.82, 2.24) is 30.4 Å². The summed E-state index contributed by atoms with van der Waals surface area (Å²) in [5, 5.41) is 14.0.